The summed E-state index contributed by atoms with van der Waals surface area (Å²) in [4.78, 5) is 25.2. The summed E-state index contributed by atoms with van der Waals surface area (Å²) in [7, 11) is 3.14. The van der Waals surface area contributed by atoms with Crippen LogP contribution in [0.15, 0.2) is 18.2 Å². The van der Waals surface area contributed by atoms with Gasteiger partial charge in [-0.3, -0.25) is 10.1 Å². The van der Waals surface area contributed by atoms with Gasteiger partial charge < -0.3 is 20.1 Å². The summed E-state index contributed by atoms with van der Waals surface area (Å²) in [5.41, 5.74) is 0.548. The second kappa shape index (κ2) is 7.76. The molecule has 3 amide bonds. The van der Waals surface area contributed by atoms with Crippen LogP contribution in [0.1, 0.15) is 45.4 Å². The molecule has 3 N–H and O–H groups in total. The maximum atomic E-state index is 12.6. The van der Waals surface area contributed by atoms with Gasteiger partial charge >= 0.3 is 6.03 Å². The molecule has 4 saturated carbocycles. The number of nitrogens with one attached hydrogen (secondary N) is 3. The molecule has 1 aromatic rings. The highest BCUT2D eigenvalue weighted by Gasteiger charge is 2.51. The van der Waals surface area contributed by atoms with Crippen LogP contribution in [0.5, 0.6) is 11.5 Å². The Hall–Kier alpha value is -2.44. The molecule has 0 saturated heterocycles. The van der Waals surface area contributed by atoms with Crippen LogP contribution < -0.4 is 25.4 Å². The van der Waals surface area contributed by atoms with Crippen molar-refractivity contribution in [2.45, 2.75) is 57.0 Å². The largest absolute Gasteiger partial charge is 0.497 e. The molecule has 1 aromatic carbocycles. The van der Waals surface area contributed by atoms with Crippen LogP contribution in [-0.4, -0.2) is 37.7 Å². The fourth-order valence-electron chi connectivity index (χ4n) is 5.97. The van der Waals surface area contributed by atoms with E-state index in [1.165, 1.54) is 19.3 Å². The maximum absolute atomic E-state index is 12.6. The fourth-order valence-corrected chi connectivity index (χ4v) is 5.97. The van der Waals surface area contributed by atoms with Gasteiger partial charge in [-0.15, -0.1) is 0 Å². The van der Waals surface area contributed by atoms with Crippen LogP contribution in [0.3, 0.4) is 0 Å². The summed E-state index contributed by atoms with van der Waals surface area (Å²) >= 11 is 0. The van der Waals surface area contributed by atoms with E-state index in [0.717, 1.165) is 37.0 Å². The second-order valence-corrected chi connectivity index (χ2v) is 9.07. The lowest BCUT2D eigenvalue weighted by Gasteiger charge is -2.56. The van der Waals surface area contributed by atoms with Gasteiger partial charge in [0.15, 0.2) is 0 Å². The number of benzene rings is 1. The lowest BCUT2D eigenvalue weighted by atomic mass is 9.53. The first-order chi connectivity index (χ1) is 13.9. The highest BCUT2D eigenvalue weighted by Crippen LogP contribution is 2.55. The minimum atomic E-state index is -0.598. The number of methoxy groups -OCH3 is 2. The third kappa shape index (κ3) is 4.14. The molecule has 4 fully saturated rings. The molecule has 7 heteroatoms. The third-order valence-electron chi connectivity index (χ3n) is 6.83. The Bertz CT molecular complexity index is 759. The molecule has 1 atom stereocenters. The average molecular weight is 402 g/mol. The zero-order valence-corrected chi connectivity index (χ0v) is 17.4. The van der Waals surface area contributed by atoms with Crippen LogP contribution in [0.25, 0.3) is 0 Å². The molecule has 0 unspecified atom stereocenters. The molecule has 0 aromatic heterocycles. The molecule has 0 spiro atoms. The zero-order valence-electron chi connectivity index (χ0n) is 17.4. The average Bonchev–Trinajstić information content (AvgIpc) is 2.66. The second-order valence-electron chi connectivity index (χ2n) is 9.07. The van der Waals surface area contributed by atoms with Crippen LogP contribution in [-0.2, 0) is 4.79 Å². The Morgan fingerprint density at radius 1 is 1.03 bits per heavy atom. The Kier molecular flexibility index (Phi) is 5.32. The van der Waals surface area contributed by atoms with Gasteiger partial charge in [-0.2, -0.15) is 0 Å². The van der Waals surface area contributed by atoms with Crippen LogP contribution in [0.4, 0.5) is 10.5 Å². The summed E-state index contributed by atoms with van der Waals surface area (Å²) in [5, 5.41) is 8.79. The SMILES string of the molecule is COc1ccc(N[C@@H](C)C(=O)NC(=O)NC23CC4CC(CC(C4)C2)C3)c(OC)c1. The number of anilines is 1. The smallest absolute Gasteiger partial charge is 0.321 e. The highest BCUT2D eigenvalue weighted by atomic mass is 16.5. The number of ether oxygens (including phenoxy) is 2. The van der Waals surface area contributed by atoms with Crippen LogP contribution in [0, 0.1) is 17.8 Å². The molecule has 4 aliphatic rings. The molecule has 0 heterocycles. The van der Waals surface area contributed by atoms with Crippen molar-refractivity contribution in [3.63, 3.8) is 0 Å². The monoisotopic (exact) mass is 401 g/mol. The van der Waals surface area contributed by atoms with Crippen molar-refractivity contribution in [1.82, 2.24) is 10.6 Å². The van der Waals surface area contributed by atoms with Crippen molar-refractivity contribution < 1.29 is 19.1 Å². The van der Waals surface area contributed by atoms with Gasteiger partial charge in [0.2, 0.25) is 5.91 Å². The number of hydrogen-bond donors (Lipinski definition) is 3. The molecular weight excluding hydrogens is 370 g/mol. The molecule has 158 valence electrons. The molecule has 4 aliphatic carbocycles. The first-order valence-corrected chi connectivity index (χ1v) is 10.5. The minimum absolute atomic E-state index is 0.116. The first kappa shape index (κ1) is 19.9. The number of rotatable bonds is 6. The number of carbonyl (C=O) groups excluding carboxylic acids is 2. The lowest BCUT2D eigenvalue weighted by molar-refractivity contribution is -0.120. The summed E-state index contributed by atoms with van der Waals surface area (Å²) in [6.45, 7) is 1.72. The van der Waals surface area contributed by atoms with Crippen LogP contribution >= 0.6 is 0 Å². The molecular formula is C22H31N3O4. The van der Waals surface area contributed by atoms with Crippen LogP contribution in [0.2, 0.25) is 0 Å². The van der Waals surface area contributed by atoms with Gasteiger partial charge in [-0.25, -0.2) is 4.79 Å². The Labute approximate surface area is 171 Å². The molecule has 5 rings (SSSR count). The van der Waals surface area contributed by atoms with E-state index in [1.807, 2.05) is 0 Å². The number of imide groups is 1. The quantitative estimate of drug-likeness (QED) is 0.681. The molecule has 0 aliphatic heterocycles. The first-order valence-electron chi connectivity index (χ1n) is 10.5. The number of urea groups is 1. The summed E-state index contributed by atoms with van der Waals surface area (Å²) in [6.07, 6.45) is 7.09. The van der Waals surface area contributed by atoms with E-state index in [9.17, 15) is 9.59 Å². The van der Waals surface area contributed by atoms with Crippen molar-refractivity contribution in [1.29, 1.82) is 0 Å². The van der Waals surface area contributed by atoms with E-state index in [1.54, 1.807) is 39.3 Å². The summed E-state index contributed by atoms with van der Waals surface area (Å²) in [5.74, 6) is 3.08. The van der Waals surface area contributed by atoms with E-state index in [2.05, 4.69) is 16.0 Å². The molecule has 4 bridgehead atoms. The van der Waals surface area contributed by atoms with E-state index >= 15 is 0 Å². The highest BCUT2D eigenvalue weighted by molar-refractivity contribution is 5.98. The van der Waals surface area contributed by atoms with Crippen molar-refractivity contribution in [2.75, 3.05) is 19.5 Å². The van der Waals surface area contributed by atoms with Gasteiger partial charge in [-0.1, -0.05) is 0 Å². The fraction of sp³-hybridized carbons (Fsp3) is 0.636. The Balaban J connectivity index is 1.34. The predicted octanol–water partition coefficient (Wildman–Crippen LogP) is 3.30. The number of carbonyl (C=O) groups is 2. The minimum Gasteiger partial charge on any atom is -0.497 e. The molecule has 7 nitrogen and oxygen atoms in total. The van der Waals surface area contributed by atoms with E-state index < -0.39 is 6.04 Å². The lowest BCUT2D eigenvalue weighted by Crippen LogP contribution is -2.62. The summed E-state index contributed by atoms with van der Waals surface area (Å²) < 4.78 is 10.5. The van der Waals surface area contributed by atoms with E-state index in [0.29, 0.717) is 17.2 Å². The number of hydrogen-bond acceptors (Lipinski definition) is 5. The van der Waals surface area contributed by atoms with Gasteiger partial charge in [0.05, 0.1) is 19.9 Å². The normalized spacial score (nSPS) is 30.4. The van der Waals surface area contributed by atoms with E-state index in [-0.39, 0.29) is 17.5 Å². The number of amides is 3. The van der Waals surface area contributed by atoms with Gasteiger partial charge in [0, 0.05) is 11.6 Å². The molecule has 29 heavy (non-hydrogen) atoms. The van der Waals surface area contributed by atoms with Crippen molar-refractivity contribution in [3.05, 3.63) is 18.2 Å². The standard InChI is InChI=1S/C22H31N3O4/c1-13(23-18-5-4-17(28-2)9-19(18)29-3)20(26)24-21(27)25-22-10-14-6-15(11-22)8-16(7-14)12-22/h4-5,9,13-16,23H,6-8,10-12H2,1-3H3,(H2,24,25,26,27)/t13-,14?,15?,16?,22?/m0/s1. The molecule has 0 radical (unpaired) electrons. The van der Waals surface area contributed by atoms with E-state index in [4.69, 9.17) is 9.47 Å². The van der Waals surface area contributed by atoms with Crippen molar-refractivity contribution in [2.24, 2.45) is 17.8 Å². The summed E-state index contributed by atoms with van der Waals surface area (Å²) in [6, 6.07) is 4.34. The Morgan fingerprint density at radius 2 is 1.66 bits per heavy atom. The predicted molar refractivity (Wildman–Crippen MR) is 110 cm³/mol. The van der Waals surface area contributed by atoms with Gasteiger partial charge in [-0.05, 0) is 75.3 Å². The topological polar surface area (TPSA) is 88.7 Å². The van der Waals surface area contributed by atoms with Gasteiger partial charge in [0.1, 0.15) is 17.5 Å². The zero-order chi connectivity index (χ0) is 20.6. The third-order valence-corrected chi connectivity index (χ3v) is 6.83. The Morgan fingerprint density at radius 3 is 2.21 bits per heavy atom. The van der Waals surface area contributed by atoms with Crippen molar-refractivity contribution in [3.8, 4) is 11.5 Å². The maximum Gasteiger partial charge on any atom is 0.321 e. The van der Waals surface area contributed by atoms with Gasteiger partial charge in [0.25, 0.3) is 0 Å². The van der Waals surface area contributed by atoms with Crippen molar-refractivity contribution >= 4 is 17.6 Å².